The summed E-state index contributed by atoms with van der Waals surface area (Å²) >= 11 is 6.08. The van der Waals surface area contributed by atoms with Gasteiger partial charge in [-0.25, -0.2) is 4.79 Å². The Bertz CT molecular complexity index is 656. The third-order valence-electron chi connectivity index (χ3n) is 3.74. The highest BCUT2D eigenvalue weighted by Gasteiger charge is 2.36. The Morgan fingerprint density at radius 1 is 1.29 bits per heavy atom. The Balaban J connectivity index is 3.07. The van der Waals surface area contributed by atoms with Crippen LogP contribution in [0.5, 0.6) is 0 Å². The first-order valence-corrected chi connectivity index (χ1v) is 7.95. The van der Waals surface area contributed by atoms with Gasteiger partial charge in [0.2, 0.25) is 5.91 Å². The number of aliphatic carboxylic acids is 1. The minimum Gasteiger partial charge on any atom is -0.480 e. The molecule has 0 radical (unpaired) electrons. The van der Waals surface area contributed by atoms with Gasteiger partial charge in [-0.2, -0.15) is 0 Å². The van der Waals surface area contributed by atoms with Crippen LogP contribution in [0.2, 0.25) is 5.02 Å². The molecule has 0 aliphatic carbocycles. The van der Waals surface area contributed by atoms with Crippen LogP contribution in [0.3, 0.4) is 0 Å². The molecule has 0 aliphatic heterocycles. The van der Waals surface area contributed by atoms with E-state index in [2.05, 4.69) is 5.32 Å². The lowest BCUT2D eigenvalue weighted by molar-refractivity contribution is -0.147. The Labute approximate surface area is 146 Å². The van der Waals surface area contributed by atoms with E-state index in [4.69, 9.17) is 11.6 Å². The van der Waals surface area contributed by atoms with Crippen molar-refractivity contribution in [1.82, 2.24) is 4.90 Å². The lowest BCUT2D eigenvalue weighted by Gasteiger charge is -2.31. The summed E-state index contributed by atoms with van der Waals surface area (Å²) in [6, 6.07) is 4.55. The van der Waals surface area contributed by atoms with Crippen molar-refractivity contribution in [2.45, 2.75) is 39.7 Å². The molecule has 0 aromatic heterocycles. The molecule has 2 N–H and O–H groups in total. The van der Waals surface area contributed by atoms with Gasteiger partial charge in [0.1, 0.15) is 5.54 Å². The lowest BCUT2D eigenvalue weighted by Crippen LogP contribution is -2.50. The van der Waals surface area contributed by atoms with Crippen LogP contribution in [0.4, 0.5) is 5.69 Å². The van der Waals surface area contributed by atoms with Crippen molar-refractivity contribution < 1.29 is 19.5 Å². The molecule has 0 bridgehead atoms. The van der Waals surface area contributed by atoms with Crippen molar-refractivity contribution in [2.75, 3.05) is 12.4 Å². The van der Waals surface area contributed by atoms with Gasteiger partial charge in [0.15, 0.2) is 0 Å². The first-order valence-electron chi connectivity index (χ1n) is 7.57. The Hall–Kier alpha value is -2.08. The molecule has 7 heteroatoms. The highest BCUT2D eigenvalue weighted by Crippen LogP contribution is 2.25. The van der Waals surface area contributed by atoms with E-state index in [9.17, 15) is 19.5 Å². The highest BCUT2D eigenvalue weighted by atomic mass is 35.5. The fourth-order valence-corrected chi connectivity index (χ4v) is 2.13. The zero-order valence-electron chi connectivity index (χ0n) is 14.5. The van der Waals surface area contributed by atoms with Crippen LogP contribution in [0, 0.1) is 5.92 Å². The summed E-state index contributed by atoms with van der Waals surface area (Å²) < 4.78 is 0. The number of hydrogen-bond donors (Lipinski definition) is 2. The average molecular weight is 355 g/mol. The number of carboxylic acid groups (broad SMARTS) is 1. The second-order valence-corrected chi connectivity index (χ2v) is 6.98. The van der Waals surface area contributed by atoms with Crippen LogP contribution in [0.1, 0.15) is 44.5 Å². The molecule has 1 rings (SSSR count). The minimum atomic E-state index is -1.39. The van der Waals surface area contributed by atoms with Crippen molar-refractivity contribution in [3.05, 3.63) is 28.8 Å². The van der Waals surface area contributed by atoms with Crippen LogP contribution < -0.4 is 5.32 Å². The van der Waals surface area contributed by atoms with E-state index in [0.29, 0.717) is 12.1 Å². The lowest BCUT2D eigenvalue weighted by atomic mass is 10.0. The zero-order chi connectivity index (χ0) is 18.7. The second kappa shape index (κ2) is 7.66. The molecule has 0 saturated carbocycles. The van der Waals surface area contributed by atoms with E-state index >= 15 is 0 Å². The van der Waals surface area contributed by atoms with E-state index in [1.807, 2.05) is 13.8 Å². The molecule has 0 saturated heterocycles. The third-order valence-corrected chi connectivity index (χ3v) is 4.07. The van der Waals surface area contributed by atoms with E-state index < -0.39 is 17.4 Å². The smallest absolute Gasteiger partial charge is 0.329 e. The molecule has 24 heavy (non-hydrogen) atoms. The predicted molar refractivity (Wildman–Crippen MR) is 93.3 cm³/mol. The monoisotopic (exact) mass is 354 g/mol. The van der Waals surface area contributed by atoms with Crippen LogP contribution in [-0.4, -0.2) is 40.4 Å². The Morgan fingerprint density at radius 2 is 1.88 bits per heavy atom. The SMILES string of the molecule is CC(C)CC(=O)Nc1ccc(Cl)c(C(=O)N(C)C(C)(C)C(=O)O)c1. The number of amides is 2. The fraction of sp³-hybridized carbons (Fsp3) is 0.471. The zero-order valence-corrected chi connectivity index (χ0v) is 15.3. The summed E-state index contributed by atoms with van der Waals surface area (Å²) in [4.78, 5) is 36.9. The van der Waals surface area contributed by atoms with Crippen molar-refractivity contribution in [2.24, 2.45) is 5.92 Å². The molecule has 0 atom stereocenters. The van der Waals surface area contributed by atoms with Crippen molar-refractivity contribution >= 4 is 35.1 Å². The summed E-state index contributed by atoms with van der Waals surface area (Å²) in [7, 11) is 1.40. The number of nitrogens with zero attached hydrogens (tertiary/aromatic N) is 1. The number of carbonyl (C=O) groups is 3. The van der Waals surface area contributed by atoms with E-state index in [1.165, 1.54) is 33.0 Å². The van der Waals surface area contributed by atoms with Gasteiger partial charge in [0.05, 0.1) is 10.6 Å². The van der Waals surface area contributed by atoms with Crippen molar-refractivity contribution in [3.63, 3.8) is 0 Å². The number of anilines is 1. The van der Waals surface area contributed by atoms with Gasteiger partial charge in [-0.1, -0.05) is 25.4 Å². The summed E-state index contributed by atoms with van der Waals surface area (Å²) in [6.07, 6.45) is 0.359. The first kappa shape index (κ1) is 20.0. The molecule has 0 spiro atoms. The van der Waals surface area contributed by atoms with E-state index in [0.717, 1.165) is 4.90 Å². The predicted octanol–water partition coefficient (Wildman–Crippen LogP) is 3.26. The van der Waals surface area contributed by atoms with E-state index in [1.54, 1.807) is 6.07 Å². The maximum atomic E-state index is 12.6. The molecule has 1 aromatic carbocycles. The van der Waals surface area contributed by atoms with Gasteiger partial charge in [0, 0.05) is 19.2 Å². The number of rotatable bonds is 6. The molecule has 0 heterocycles. The highest BCUT2D eigenvalue weighted by molar-refractivity contribution is 6.34. The van der Waals surface area contributed by atoms with Gasteiger partial charge in [0.25, 0.3) is 5.91 Å². The van der Waals surface area contributed by atoms with Gasteiger partial charge in [-0.3, -0.25) is 9.59 Å². The number of carboxylic acids is 1. The van der Waals surface area contributed by atoms with Crippen LogP contribution >= 0.6 is 11.6 Å². The van der Waals surface area contributed by atoms with Gasteiger partial charge in [-0.05, 0) is 38.0 Å². The summed E-state index contributed by atoms with van der Waals surface area (Å²) in [5.41, 5.74) is -0.817. The number of hydrogen-bond acceptors (Lipinski definition) is 3. The summed E-state index contributed by atoms with van der Waals surface area (Å²) in [5, 5.41) is 12.2. The van der Waals surface area contributed by atoms with Crippen LogP contribution in [-0.2, 0) is 9.59 Å². The van der Waals surface area contributed by atoms with Crippen LogP contribution in [0.15, 0.2) is 18.2 Å². The molecular formula is C17H23ClN2O4. The molecule has 0 fully saturated rings. The van der Waals surface area contributed by atoms with Crippen molar-refractivity contribution in [3.8, 4) is 0 Å². The molecule has 6 nitrogen and oxygen atoms in total. The number of nitrogens with one attached hydrogen (secondary N) is 1. The number of likely N-dealkylation sites (N-methyl/N-ethyl adjacent to an activating group) is 1. The standard InChI is InChI=1S/C17H23ClN2O4/c1-10(2)8-14(21)19-11-6-7-13(18)12(9-11)15(22)20(5)17(3,4)16(23)24/h6-7,9-10H,8H2,1-5H3,(H,19,21)(H,23,24). The molecule has 0 unspecified atom stereocenters. The van der Waals surface area contributed by atoms with E-state index in [-0.39, 0.29) is 22.4 Å². The molecule has 2 amide bonds. The molecule has 0 aliphatic rings. The molecule has 132 valence electrons. The van der Waals surface area contributed by atoms with Gasteiger partial charge >= 0.3 is 5.97 Å². The Kier molecular flexibility index (Phi) is 6.37. The Morgan fingerprint density at radius 3 is 2.38 bits per heavy atom. The number of halogens is 1. The number of benzene rings is 1. The topological polar surface area (TPSA) is 86.7 Å². The molecular weight excluding hydrogens is 332 g/mol. The summed E-state index contributed by atoms with van der Waals surface area (Å²) in [6.45, 7) is 6.71. The second-order valence-electron chi connectivity index (χ2n) is 6.57. The van der Waals surface area contributed by atoms with Crippen molar-refractivity contribution in [1.29, 1.82) is 0 Å². The van der Waals surface area contributed by atoms with Crippen LogP contribution in [0.25, 0.3) is 0 Å². The van der Waals surface area contributed by atoms with Gasteiger partial charge in [-0.15, -0.1) is 0 Å². The largest absolute Gasteiger partial charge is 0.480 e. The molecule has 1 aromatic rings. The maximum absolute atomic E-state index is 12.6. The quantitative estimate of drug-likeness (QED) is 0.820. The fourth-order valence-electron chi connectivity index (χ4n) is 1.93. The average Bonchev–Trinajstić information content (AvgIpc) is 2.46. The normalized spacial score (nSPS) is 11.3. The summed E-state index contributed by atoms with van der Waals surface area (Å²) in [5.74, 6) is -1.62. The van der Waals surface area contributed by atoms with Gasteiger partial charge < -0.3 is 15.3 Å². The maximum Gasteiger partial charge on any atom is 0.329 e. The first-order chi connectivity index (χ1) is 11.0. The third kappa shape index (κ3) is 4.71. The number of carbonyl (C=O) groups excluding carboxylic acids is 2. The minimum absolute atomic E-state index is 0.135.